The fourth-order valence-electron chi connectivity index (χ4n) is 4.40. The second kappa shape index (κ2) is 10.4. The molecule has 164 valence electrons. The normalized spacial score (nSPS) is 15.1. The number of para-hydroxylation sites is 1. The Morgan fingerprint density at radius 2 is 1.90 bits per heavy atom. The van der Waals surface area contributed by atoms with Crippen LogP contribution in [0.5, 0.6) is 5.75 Å². The minimum absolute atomic E-state index is 0.107. The van der Waals surface area contributed by atoms with Gasteiger partial charge in [0.2, 0.25) is 0 Å². The largest absolute Gasteiger partial charge is 0.497 e. The zero-order valence-electron chi connectivity index (χ0n) is 18.2. The van der Waals surface area contributed by atoms with Gasteiger partial charge in [0, 0.05) is 31.3 Å². The van der Waals surface area contributed by atoms with Crippen LogP contribution in [0.2, 0.25) is 0 Å². The number of amides is 2. The van der Waals surface area contributed by atoms with E-state index in [-0.39, 0.29) is 12.1 Å². The predicted molar refractivity (Wildman–Crippen MR) is 124 cm³/mol. The van der Waals surface area contributed by atoms with Crippen LogP contribution in [0.15, 0.2) is 60.8 Å². The lowest BCUT2D eigenvalue weighted by molar-refractivity contribution is 0.220. The van der Waals surface area contributed by atoms with E-state index in [1.54, 1.807) is 7.11 Å². The van der Waals surface area contributed by atoms with Gasteiger partial charge in [-0.2, -0.15) is 0 Å². The molecule has 3 aromatic rings. The molecule has 2 N–H and O–H groups in total. The molecule has 1 saturated heterocycles. The number of carbonyl (C=O) groups is 1. The Balaban J connectivity index is 1.26. The number of hydrogen-bond donors (Lipinski definition) is 2. The minimum Gasteiger partial charge on any atom is -0.497 e. The Hall–Kier alpha value is -2.99. The summed E-state index contributed by atoms with van der Waals surface area (Å²) in [6, 6.07) is 18.7. The Morgan fingerprint density at radius 3 is 2.74 bits per heavy atom. The van der Waals surface area contributed by atoms with E-state index in [4.69, 9.17) is 4.74 Å². The number of methoxy groups -OCH3 is 1. The highest BCUT2D eigenvalue weighted by Crippen LogP contribution is 2.27. The maximum atomic E-state index is 12.4. The van der Waals surface area contributed by atoms with Crippen LogP contribution in [0, 0.1) is 0 Å². The molecule has 1 aromatic heterocycles. The lowest BCUT2D eigenvalue weighted by Gasteiger charge is -2.28. The highest BCUT2D eigenvalue weighted by atomic mass is 16.5. The first-order valence-corrected chi connectivity index (χ1v) is 11.2. The van der Waals surface area contributed by atoms with E-state index in [1.165, 1.54) is 29.3 Å². The second-order valence-electron chi connectivity index (χ2n) is 8.09. The van der Waals surface area contributed by atoms with Gasteiger partial charge in [-0.05, 0) is 67.6 Å². The molecule has 0 spiro atoms. The molecule has 1 aliphatic rings. The van der Waals surface area contributed by atoms with E-state index in [0.717, 1.165) is 31.8 Å². The lowest BCUT2D eigenvalue weighted by atomic mass is 10.1. The summed E-state index contributed by atoms with van der Waals surface area (Å²) in [7, 11) is 1.69. The lowest BCUT2D eigenvalue weighted by Crippen LogP contribution is -2.42. The number of hydrogen-bond acceptors (Lipinski definition) is 3. The molecule has 2 amide bonds. The van der Waals surface area contributed by atoms with Gasteiger partial charge in [-0.25, -0.2) is 4.79 Å². The number of fused-ring (bicyclic) bond motifs is 1. The molecule has 0 aliphatic carbocycles. The van der Waals surface area contributed by atoms with Gasteiger partial charge < -0.3 is 19.9 Å². The van der Waals surface area contributed by atoms with Crippen LogP contribution in [0.1, 0.15) is 30.9 Å². The summed E-state index contributed by atoms with van der Waals surface area (Å²) in [4.78, 5) is 14.9. The van der Waals surface area contributed by atoms with Crippen molar-refractivity contribution in [1.82, 2.24) is 20.1 Å². The summed E-state index contributed by atoms with van der Waals surface area (Å²) in [5.41, 5.74) is 2.42. The third-order valence-corrected chi connectivity index (χ3v) is 6.06. The molecule has 1 atom stereocenters. The third-order valence-electron chi connectivity index (χ3n) is 6.06. The number of urea groups is 1. The average Bonchev–Trinajstić information content (AvgIpc) is 3.48. The monoisotopic (exact) mass is 420 g/mol. The van der Waals surface area contributed by atoms with Gasteiger partial charge in [0.05, 0.1) is 13.2 Å². The molecular weight excluding hydrogens is 388 g/mol. The first kappa shape index (κ1) is 21.2. The van der Waals surface area contributed by atoms with Crippen LogP contribution in [-0.4, -0.2) is 48.8 Å². The number of ether oxygens (including phenoxy) is 1. The van der Waals surface area contributed by atoms with Crippen LogP contribution in [0.3, 0.4) is 0 Å². The Labute approximate surface area is 184 Å². The first-order valence-electron chi connectivity index (χ1n) is 11.2. The summed E-state index contributed by atoms with van der Waals surface area (Å²) in [6.07, 6.45) is 5.42. The van der Waals surface area contributed by atoms with Crippen molar-refractivity contribution in [1.29, 1.82) is 0 Å². The van der Waals surface area contributed by atoms with Crippen LogP contribution in [0.4, 0.5) is 4.79 Å². The fourth-order valence-corrected chi connectivity index (χ4v) is 4.40. The van der Waals surface area contributed by atoms with Crippen molar-refractivity contribution in [2.24, 2.45) is 0 Å². The van der Waals surface area contributed by atoms with E-state index in [9.17, 15) is 4.79 Å². The van der Waals surface area contributed by atoms with Crippen molar-refractivity contribution in [2.75, 3.05) is 33.3 Å². The number of benzene rings is 2. The van der Waals surface area contributed by atoms with E-state index in [0.29, 0.717) is 13.1 Å². The minimum atomic E-state index is -0.107. The van der Waals surface area contributed by atoms with Crippen LogP contribution in [0.25, 0.3) is 10.9 Å². The number of aryl methyl sites for hydroxylation is 1. The van der Waals surface area contributed by atoms with Gasteiger partial charge in [0.1, 0.15) is 5.75 Å². The number of carbonyl (C=O) groups excluding carboxylic acids is 1. The molecule has 4 rings (SSSR count). The van der Waals surface area contributed by atoms with Crippen molar-refractivity contribution < 1.29 is 9.53 Å². The summed E-state index contributed by atoms with van der Waals surface area (Å²) in [6.45, 7) is 4.24. The van der Waals surface area contributed by atoms with Crippen molar-refractivity contribution in [2.45, 2.75) is 31.8 Å². The average molecular weight is 421 g/mol. The van der Waals surface area contributed by atoms with E-state index in [1.807, 2.05) is 12.1 Å². The Bertz CT molecular complexity index is 994. The van der Waals surface area contributed by atoms with Crippen molar-refractivity contribution in [3.8, 4) is 5.75 Å². The molecule has 1 aliphatic heterocycles. The molecule has 1 fully saturated rings. The van der Waals surface area contributed by atoms with Crippen LogP contribution >= 0.6 is 0 Å². The van der Waals surface area contributed by atoms with Gasteiger partial charge in [-0.15, -0.1) is 0 Å². The summed E-state index contributed by atoms with van der Waals surface area (Å²) in [5, 5.41) is 7.33. The standard InChI is InChI=1S/C25H32N4O2/c1-31-22-10-6-9-21(18-22)24(28-14-4-5-15-28)19-27-25(30)26-13-7-16-29-17-12-20-8-2-3-11-23(20)29/h2-3,6,8-12,17-18,24H,4-5,7,13-16,19H2,1H3,(H2,26,27,30). The number of likely N-dealkylation sites (tertiary alicyclic amines) is 1. The van der Waals surface area contributed by atoms with Gasteiger partial charge in [-0.3, -0.25) is 4.90 Å². The number of aromatic nitrogens is 1. The van der Waals surface area contributed by atoms with E-state index in [2.05, 4.69) is 68.8 Å². The molecule has 6 nitrogen and oxygen atoms in total. The number of nitrogens with one attached hydrogen (secondary N) is 2. The number of nitrogens with zero attached hydrogens (tertiary/aromatic N) is 2. The topological polar surface area (TPSA) is 58.5 Å². The summed E-state index contributed by atoms with van der Waals surface area (Å²) in [5.74, 6) is 0.851. The van der Waals surface area contributed by atoms with Gasteiger partial charge >= 0.3 is 6.03 Å². The molecule has 31 heavy (non-hydrogen) atoms. The molecule has 1 unspecified atom stereocenters. The molecule has 0 radical (unpaired) electrons. The third kappa shape index (κ3) is 5.39. The smallest absolute Gasteiger partial charge is 0.314 e. The highest BCUT2D eigenvalue weighted by Gasteiger charge is 2.24. The van der Waals surface area contributed by atoms with Gasteiger partial charge in [0.15, 0.2) is 0 Å². The van der Waals surface area contributed by atoms with E-state index < -0.39 is 0 Å². The van der Waals surface area contributed by atoms with Crippen molar-refractivity contribution in [3.63, 3.8) is 0 Å². The zero-order chi connectivity index (χ0) is 21.5. The SMILES string of the molecule is COc1cccc(C(CNC(=O)NCCCn2ccc3ccccc32)N2CCCC2)c1. The fraction of sp³-hybridized carbons (Fsp3) is 0.400. The molecule has 0 saturated carbocycles. The second-order valence-corrected chi connectivity index (χ2v) is 8.09. The highest BCUT2D eigenvalue weighted by molar-refractivity contribution is 5.79. The van der Waals surface area contributed by atoms with Crippen LogP contribution < -0.4 is 15.4 Å². The quantitative estimate of drug-likeness (QED) is 0.511. The number of rotatable bonds is 9. The van der Waals surface area contributed by atoms with Gasteiger partial charge in [0.25, 0.3) is 0 Å². The predicted octanol–water partition coefficient (Wildman–Crippen LogP) is 4.18. The first-order chi connectivity index (χ1) is 15.2. The van der Waals surface area contributed by atoms with Crippen molar-refractivity contribution in [3.05, 3.63) is 66.4 Å². The van der Waals surface area contributed by atoms with E-state index >= 15 is 0 Å². The molecular formula is C25H32N4O2. The molecule has 2 heterocycles. The molecule has 6 heteroatoms. The Kier molecular flexibility index (Phi) is 7.10. The maximum absolute atomic E-state index is 12.4. The molecule has 2 aromatic carbocycles. The maximum Gasteiger partial charge on any atom is 0.314 e. The van der Waals surface area contributed by atoms with Crippen molar-refractivity contribution >= 4 is 16.9 Å². The van der Waals surface area contributed by atoms with Crippen LogP contribution in [-0.2, 0) is 6.54 Å². The zero-order valence-corrected chi connectivity index (χ0v) is 18.2. The Morgan fingerprint density at radius 1 is 1.06 bits per heavy atom. The molecule has 0 bridgehead atoms. The summed E-state index contributed by atoms with van der Waals surface area (Å²) >= 11 is 0. The summed E-state index contributed by atoms with van der Waals surface area (Å²) < 4.78 is 7.63. The van der Waals surface area contributed by atoms with Gasteiger partial charge in [-0.1, -0.05) is 30.3 Å².